The van der Waals surface area contributed by atoms with Gasteiger partial charge in [0.15, 0.2) is 0 Å². The Morgan fingerprint density at radius 3 is 2.52 bits per heavy atom. The second-order valence-corrected chi connectivity index (χ2v) is 9.07. The molecule has 1 aromatic heterocycles. The third-order valence-electron chi connectivity index (χ3n) is 3.30. The Balaban J connectivity index is 2.54. The molecule has 0 amide bonds. The Morgan fingerprint density at radius 2 is 2.10 bits per heavy atom. The maximum Gasteiger partial charge on any atom is 0.345 e. The highest BCUT2D eigenvalue weighted by atomic mass is 32.2. The van der Waals surface area contributed by atoms with E-state index in [-0.39, 0.29) is 29.3 Å². The Labute approximate surface area is 127 Å². The van der Waals surface area contributed by atoms with Crippen molar-refractivity contribution < 1.29 is 22.7 Å². The van der Waals surface area contributed by atoms with Gasteiger partial charge in [-0.2, -0.15) is 4.31 Å². The van der Waals surface area contributed by atoms with E-state index < -0.39 is 27.6 Å². The van der Waals surface area contributed by atoms with Crippen molar-refractivity contribution in [3.63, 3.8) is 0 Å². The van der Waals surface area contributed by atoms with Gasteiger partial charge in [0.25, 0.3) is 0 Å². The highest BCUT2D eigenvalue weighted by Crippen LogP contribution is 2.38. The first kappa shape index (κ1) is 16.4. The molecule has 1 aliphatic heterocycles. The van der Waals surface area contributed by atoms with Gasteiger partial charge in [-0.15, -0.1) is 11.3 Å². The largest absolute Gasteiger partial charge is 0.477 e. The van der Waals surface area contributed by atoms with Crippen molar-refractivity contribution in [2.75, 3.05) is 13.1 Å². The van der Waals surface area contributed by atoms with Crippen LogP contribution >= 0.6 is 11.3 Å². The molecule has 0 bridgehead atoms. The Morgan fingerprint density at radius 1 is 1.48 bits per heavy atom. The summed E-state index contributed by atoms with van der Waals surface area (Å²) in [5.41, 5.74) is -0.504. The molecular weight excluding hydrogens is 317 g/mol. The molecule has 1 atom stereocenters. The van der Waals surface area contributed by atoms with Crippen molar-refractivity contribution in [2.24, 2.45) is 0 Å². The summed E-state index contributed by atoms with van der Waals surface area (Å²) in [4.78, 5) is 11.6. The summed E-state index contributed by atoms with van der Waals surface area (Å²) in [6, 6.07) is 1.19. The van der Waals surface area contributed by atoms with E-state index in [1.54, 1.807) is 0 Å². The van der Waals surface area contributed by atoms with Gasteiger partial charge in [0.1, 0.15) is 11.0 Å². The van der Waals surface area contributed by atoms with Crippen LogP contribution in [0.25, 0.3) is 0 Å². The number of sulfonamides is 1. The lowest BCUT2D eigenvalue weighted by molar-refractivity contribution is 0.0702. The minimum Gasteiger partial charge on any atom is -0.477 e. The average Bonchev–Trinajstić information content (AvgIpc) is 2.93. The first-order chi connectivity index (χ1) is 9.53. The maximum atomic E-state index is 13.3. The quantitative estimate of drug-likeness (QED) is 0.921. The zero-order valence-electron chi connectivity index (χ0n) is 12.1. The molecule has 1 fully saturated rings. The highest BCUT2D eigenvalue weighted by molar-refractivity contribution is 7.89. The van der Waals surface area contributed by atoms with Gasteiger partial charge in [-0.25, -0.2) is 17.6 Å². The first-order valence-corrected chi connectivity index (χ1v) is 8.81. The summed E-state index contributed by atoms with van der Waals surface area (Å²) in [6.07, 6.45) is -0.976. The van der Waals surface area contributed by atoms with E-state index in [1.165, 1.54) is 6.07 Å². The molecule has 0 saturated carbocycles. The van der Waals surface area contributed by atoms with Crippen LogP contribution in [-0.4, -0.2) is 43.1 Å². The van der Waals surface area contributed by atoms with Gasteiger partial charge in [0, 0.05) is 18.0 Å². The van der Waals surface area contributed by atoms with Gasteiger partial charge >= 0.3 is 5.97 Å². The molecule has 1 aliphatic rings. The van der Waals surface area contributed by atoms with E-state index in [4.69, 9.17) is 5.11 Å². The Bertz CT molecular complexity index is 660. The molecule has 0 unspecified atom stereocenters. The summed E-state index contributed by atoms with van der Waals surface area (Å²) in [5, 5.41) is 9.10. The molecule has 0 aromatic carbocycles. The number of nitrogens with zero attached hydrogens (tertiary/aromatic N) is 1. The number of rotatable bonds is 3. The smallest absolute Gasteiger partial charge is 0.345 e. The van der Waals surface area contributed by atoms with Gasteiger partial charge in [0.2, 0.25) is 10.0 Å². The fourth-order valence-electron chi connectivity index (χ4n) is 2.24. The fraction of sp³-hybridized carbons (Fsp3) is 0.615. The third-order valence-corrected chi connectivity index (χ3v) is 6.87. The third kappa shape index (κ3) is 3.12. The molecule has 5 nitrogen and oxygen atoms in total. The lowest BCUT2D eigenvalue weighted by Crippen LogP contribution is -2.30. The fourth-order valence-corrected chi connectivity index (χ4v) is 5.49. The van der Waals surface area contributed by atoms with Gasteiger partial charge in [0.05, 0.1) is 4.90 Å². The molecule has 8 heteroatoms. The van der Waals surface area contributed by atoms with Gasteiger partial charge in [-0.1, -0.05) is 20.8 Å². The number of hydrogen-bond donors (Lipinski definition) is 1. The van der Waals surface area contributed by atoms with E-state index in [0.717, 1.165) is 15.6 Å². The number of carboxylic acid groups (broad SMARTS) is 1. The summed E-state index contributed by atoms with van der Waals surface area (Å²) >= 11 is 0.962. The van der Waals surface area contributed by atoms with E-state index in [0.29, 0.717) is 4.88 Å². The zero-order valence-corrected chi connectivity index (χ0v) is 13.7. The molecule has 118 valence electrons. The van der Waals surface area contributed by atoms with Crippen LogP contribution < -0.4 is 0 Å². The molecule has 1 saturated heterocycles. The molecule has 0 spiro atoms. The van der Waals surface area contributed by atoms with E-state index in [1.807, 2.05) is 20.8 Å². The topological polar surface area (TPSA) is 74.7 Å². The second-order valence-electron chi connectivity index (χ2n) is 6.11. The van der Waals surface area contributed by atoms with Crippen molar-refractivity contribution in [1.29, 1.82) is 0 Å². The van der Waals surface area contributed by atoms with Gasteiger partial charge in [-0.3, -0.25) is 0 Å². The van der Waals surface area contributed by atoms with Crippen LogP contribution in [0.1, 0.15) is 41.7 Å². The van der Waals surface area contributed by atoms with Crippen LogP contribution in [0.4, 0.5) is 4.39 Å². The second kappa shape index (κ2) is 5.33. The summed E-state index contributed by atoms with van der Waals surface area (Å²) in [5.74, 6) is -1.16. The summed E-state index contributed by atoms with van der Waals surface area (Å²) < 4.78 is 39.7. The van der Waals surface area contributed by atoms with E-state index in [9.17, 15) is 17.6 Å². The predicted octanol–water partition coefficient (Wildman–Crippen LogP) is 2.48. The number of carbonyl (C=O) groups is 1. The number of hydrogen-bond acceptors (Lipinski definition) is 4. The minimum atomic E-state index is -3.86. The van der Waals surface area contributed by atoms with Crippen LogP contribution in [0.3, 0.4) is 0 Å². The molecule has 0 radical (unpaired) electrons. The van der Waals surface area contributed by atoms with Crippen molar-refractivity contribution in [3.8, 4) is 0 Å². The van der Waals surface area contributed by atoms with Crippen LogP contribution in [0.15, 0.2) is 11.0 Å². The number of aromatic carboxylic acids is 1. The molecule has 2 rings (SSSR count). The maximum absolute atomic E-state index is 13.3. The summed E-state index contributed by atoms with van der Waals surface area (Å²) in [7, 11) is -3.86. The number of carboxylic acids is 1. The highest BCUT2D eigenvalue weighted by Gasteiger charge is 2.37. The normalized spacial score (nSPS) is 20.9. The lowest BCUT2D eigenvalue weighted by atomic mass is 9.95. The zero-order chi connectivity index (χ0) is 16.0. The predicted molar refractivity (Wildman–Crippen MR) is 78.3 cm³/mol. The monoisotopic (exact) mass is 335 g/mol. The van der Waals surface area contributed by atoms with Crippen molar-refractivity contribution >= 4 is 27.3 Å². The Kier molecular flexibility index (Phi) is 4.16. The summed E-state index contributed by atoms with van der Waals surface area (Å²) in [6.45, 7) is 5.44. The van der Waals surface area contributed by atoms with Crippen LogP contribution in [0, 0.1) is 0 Å². The Hall–Kier alpha value is -0.990. The van der Waals surface area contributed by atoms with Crippen LogP contribution in [-0.2, 0) is 15.4 Å². The van der Waals surface area contributed by atoms with E-state index in [2.05, 4.69) is 0 Å². The van der Waals surface area contributed by atoms with Crippen LogP contribution in [0.2, 0.25) is 0 Å². The molecule has 1 N–H and O–H groups in total. The molecule has 0 aliphatic carbocycles. The van der Waals surface area contributed by atoms with Crippen molar-refractivity contribution in [2.45, 2.75) is 43.7 Å². The number of thiophene rings is 1. The SMILES string of the molecule is CC(C)(C)c1sc(C(=O)O)cc1S(=O)(=O)N1CC[C@H](F)C1. The minimum absolute atomic E-state index is 0.00787. The number of halogens is 1. The molecule has 21 heavy (non-hydrogen) atoms. The van der Waals surface area contributed by atoms with Gasteiger partial charge in [-0.05, 0) is 17.9 Å². The number of alkyl halides is 1. The van der Waals surface area contributed by atoms with Crippen LogP contribution in [0.5, 0.6) is 0 Å². The average molecular weight is 335 g/mol. The van der Waals surface area contributed by atoms with E-state index >= 15 is 0 Å². The first-order valence-electron chi connectivity index (χ1n) is 6.55. The van der Waals surface area contributed by atoms with Gasteiger partial charge < -0.3 is 5.11 Å². The molecular formula is C13H18FNO4S2. The van der Waals surface area contributed by atoms with Crippen molar-refractivity contribution in [3.05, 3.63) is 15.8 Å². The molecule has 1 aromatic rings. The van der Waals surface area contributed by atoms with Crippen molar-refractivity contribution in [1.82, 2.24) is 4.31 Å². The standard InChI is InChI=1S/C13H18FNO4S2/c1-13(2,3)11-10(6-9(20-11)12(16)17)21(18,19)15-5-4-8(14)7-15/h6,8H,4-5,7H2,1-3H3,(H,16,17)/t8-/m0/s1. The lowest BCUT2D eigenvalue weighted by Gasteiger charge is -2.21. The molecule has 2 heterocycles.